The molecule has 1 amide bonds. The number of hydrogen-bond acceptors (Lipinski definition) is 3. The lowest BCUT2D eigenvalue weighted by atomic mass is 9.98. The predicted octanol–water partition coefficient (Wildman–Crippen LogP) is 3.88. The molecule has 2 aromatic rings. The molecule has 6 heteroatoms. The molecule has 0 saturated carbocycles. The Morgan fingerprint density at radius 3 is 2.74 bits per heavy atom. The Hall–Kier alpha value is -2.40. The molecule has 0 saturated heterocycles. The second-order valence-corrected chi connectivity index (χ2v) is 5.73. The third kappa shape index (κ3) is 2.92. The van der Waals surface area contributed by atoms with Crippen molar-refractivity contribution >= 4 is 23.2 Å². The summed E-state index contributed by atoms with van der Waals surface area (Å²) >= 11 is 5.71. The summed E-state index contributed by atoms with van der Waals surface area (Å²) in [7, 11) is 0. The molecule has 0 aromatic heterocycles. The summed E-state index contributed by atoms with van der Waals surface area (Å²) in [5.41, 5.74) is 1.76. The van der Waals surface area contributed by atoms with Crippen LogP contribution in [0.5, 0.6) is 5.75 Å². The van der Waals surface area contributed by atoms with E-state index in [1.165, 1.54) is 24.1 Å². The van der Waals surface area contributed by atoms with Crippen molar-refractivity contribution in [3.63, 3.8) is 0 Å². The van der Waals surface area contributed by atoms with Gasteiger partial charge in [-0.05, 0) is 29.8 Å². The first kappa shape index (κ1) is 15.5. The van der Waals surface area contributed by atoms with Gasteiger partial charge in [0.15, 0.2) is 0 Å². The van der Waals surface area contributed by atoms with Crippen LogP contribution in [0.25, 0.3) is 0 Å². The summed E-state index contributed by atoms with van der Waals surface area (Å²) in [6, 6.07) is 10.8. The van der Waals surface area contributed by atoms with Gasteiger partial charge in [0.2, 0.25) is 5.91 Å². The molecule has 0 spiro atoms. The molecule has 1 unspecified atom stereocenters. The van der Waals surface area contributed by atoms with E-state index in [1.807, 2.05) is 0 Å². The van der Waals surface area contributed by atoms with Gasteiger partial charge < -0.3 is 5.11 Å². The predicted molar refractivity (Wildman–Crippen MR) is 85.9 cm³/mol. The number of para-hydroxylation sites is 1. The van der Waals surface area contributed by atoms with Gasteiger partial charge in [-0.3, -0.25) is 4.79 Å². The standard InChI is InChI=1S/C17H14ClFN2O2/c1-10(22)21-16(11-6-7-13(18)14(19)8-11)9-15(20-21)12-4-2-3-5-17(12)23/h2-8,16,23H,9H2,1H3. The highest BCUT2D eigenvalue weighted by atomic mass is 35.5. The molecule has 0 aliphatic carbocycles. The number of aromatic hydroxyl groups is 1. The minimum Gasteiger partial charge on any atom is -0.507 e. The zero-order chi connectivity index (χ0) is 16.6. The molecule has 1 aliphatic heterocycles. The highest BCUT2D eigenvalue weighted by Gasteiger charge is 2.32. The van der Waals surface area contributed by atoms with Gasteiger partial charge in [0.25, 0.3) is 0 Å². The Kier molecular flexibility index (Phi) is 4.05. The fourth-order valence-corrected chi connectivity index (χ4v) is 2.78. The van der Waals surface area contributed by atoms with Crippen molar-refractivity contribution in [3.8, 4) is 5.75 Å². The number of phenols is 1. The monoisotopic (exact) mass is 332 g/mol. The summed E-state index contributed by atoms with van der Waals surface area (Å²) in [5.74, 6) is -0.697. The summed E-state index contributed by atoms with van der Waals surface area (Å²) in [6.45, 7) is 1.40. The normalized spacial score (nSPS) is 17.3. The minimum absolute atomic E-state index is 0.0305. The van der Waals surface area contributed by atoms with Gasteiger partial charge >= 0.3 is 0 Å². The fourth-order valence-electron chi connectivity index (χ4n) is 2.66. The maximum atomic E-state index is 13.7. The first-order valence-electron chi connectivity index (χ1n) is 7.08. The van der Waals surface area contributed by atoms with E-state index in [2.05, 4.69) is 5.10 Å². The Morgan fingerprint density at radius 2 is 2.09 bits per heavy atom. The SMILES string of the molecule is CC(=O)N1N=C(c2ccccc2O)CC1c1ccc(Cl)c(F)c1. The lowest BCUT2D eigenvalue weighted by Gasteiger charge is -2.20. The summed E-state index contributed by atoms with van der Waals surface area (Å²) < 4.78 is 13.7. The van der Waals surface area contributed by atoms with E-state index in [9.17, 15) is 14.3 Å². The van der Waals surface area contributed by atoms with Gasteiger partial charge in [0.1, 0.15) is 11.6 Å². The number of hydrogen-bond donors (Lipinski definition) is 1. The van der Waals surface area contributed by atoms with Crippen molar-refractivity contribution in [2.75, 3.05) is 0 Å². The zero-order valence-corrected chi connectivity index (χ0v) is 13.1. The van der Waals surface area contributed by atoms with Crippen molar-refractivity contribution in [3.05, 3.63) is 64.4 Å². The fraction of sp³-hybridized carbons (Fsp3) is 0.176. The second kappa shape index (κ2) is 6.01. The number of phenolic OH excluding ortho intramolecular Hbond substituents is 1. The number of carbonyl (C=O) groups excluding carboxylic acids is 1. The third-order valence-electron chi connectivity index (χ3n) is 3.78. The third-order valence-corrected chi connectivity index (χ3v) is 4.08. The van der Waals surface area contributed by atoms with E-state index in [1.54, 1.807) is 30.3 Å². The van der Waals surface area contributed by atoms with Gasteiger partial charge in [-0.25, -0.2) is 9.40 Å². The Bertz CT molecular complexity index is 807. The molecule has 1 heterocycles. The molecule has 1 aliphatic rings. The molecule has 2 aromatic carbocycles. The number of nitrogens with zero attached hydrogens (tertiary/aromatic N) is 2. The number of halogens is 2. The van der Waals surface area contributed by atoms with Crippen molar-refractivity contribution in [2.24, 2.45) is 5.10 Å². The number of benzene rings is 2. The Labute approximate surface area is 137 Å². The van der Waals surface area contributed by atoms with E-state index in [0.29, 0.717) is 23.3 Å². The Balaban J connectivity index is 1.99. The lowest BCUT2D eigenvalue weighted by molar-refractivity contribution is -0.130. The molecular weight excluding hydrogens is 319 g/mol. The largest absolute Gasteiger partial charge is 0.507 e. The van der Waals surface area contributed by atoms with Crippen LogP contribution in [0, 0.1) is 5.82 Å². The van der Waals surface area contributed by atoms with E-state index in [4.69, 9.17) is 11.6 Å². The topological polar surface area (TPSA) is 52.9 Å². The molecule has 0 radical (unpaired) electrons. The molecule has 3 rings (SSSR count). The average molecular weight is 333 g/mol. The van der Waals surface area contributed by atoms with Gasteiger partial charge in [0, 0.05) is 18.9 Å². The number of amides is 1. The minimum atomic E-state index is -0.538. The lowest BCUT2D eigenvalue weighted by Crippen LogP contribution is -2.24. The number of hydrazone groups is 1. The van der Waals surface area contributed by atoms with Crippen LogP contribution in [0.3, 0.4) is 0 Å². The quantitative estimate of drug-likeness (QED) is 0.907. The number of carbonyl (C=O) groups is 1. The number of rotatable bonds is 2. The molecule has 4 nitrogen and oxygen atoms in total. The van der Waals surface area contributed by atoms with E-state index >= 15 is 0 Å². The zero-order valence-electron chi connectivity index (χ0n) is 12.3. The molecule has 0 fully saturated rings. The van der Waals surface area contributed by atoms with Gasteiger partial charge in [-0.2, -0.15) is 5.10 Å². The van der Waals surface area contributed by atoms with E-state index < -0.39 is 11.9 Å². The van der Waals surface area contributed by atoms with Gasteiger partial charge in [-0.1, -0.05) is 29.8 Å². The van der Waals surface area contributed by atoms with Crippen LogP contribution in [-0.2, 0) is 4.79 Å². The first-order valence-corrected chi connectivity index (χ1v) is 7.45. The Morgan fingerprint density at radius 1 is 1.35 bits per heavy atom. The molecule has 118 valence electrons. The molecule has 0 bridgehead atoms. The average Bonchev–Trinajstić information content (AvgIpc) is 2.96. The van der Waals surface area contributed by atoms with Crippen LogP contribution in [0.4, 0.5) is 4.39 Å². The summed E-state index contributed by atoms with van der Waals surface area (Å²) in [4.78, 5) is 11.9. The van der Waals surface area contributed by atoms with Crippen LogP contribution in [0.2, 0.25) is 5.02 Å². The maximum absolute atomic E-state index is 13.7. The van der Waals surface area contributed by atoms with Crippen LogP contribution in [-0.4, -0.2) is 21.7 Å². The van der Waals surface area contributed by atoms with Crippen molar-refractivity contribution in [1.29, 1.82) is 0 Å². The second-order valence-electron chi connectivity index (χ2n) is 5.32. The van der Waals surface area contributed by atoms with Gasteiger partial charge in [0.05, 0.1) is 16.8 Å². The highest BCUT2D eigenvalue weighted by molar-refractivity contribution is 6.30. The highest BCUT2D eigenvalue weighted by Crippen LogP contribution is 2.35. The van der Waals surface area contributed by atoms with Crippen LogP contribution in [0.1, 0.15) is 30.5 Å². The molecule has 1 N–H and O–H groups in total. The maximum Gasteiger partial charge on any atom is 0.240 e. The van der Waals surface area contributed by atoms with E-state index in [-0.39, 0.29) is 16.7 Å². The van der Waals surface area contributed by atoms with Crippen LogP contribution < -0.4 is 0 Å². The van der Waals surface area contributed by atoms with Crippen LogP contribution >= 0.6 is 11.6 Å². The summed E-state index contributed by atoms with van der Waals surface area (Å²) in [6.07, 6.45) is 0.387. The van der Waals surface area contributed by atoms with Crippen molar-refractivity contribution < 1.29 is 14.3 Å². The van der Waals surface area contributed by atoms with Crippen molar-refractivity contribution in [1.82, 2.24) is 5.01 Å². The van der Waals surface area contributed by atoms with Gasteiger partial charge in [-0.15, -0.1) is 0 Å². The summed E-state index contributed by atoms with van der Waals surface area (Å²) in [5, 5.41) is 15.6. The van der Waals surface area contributed by atoms with Crippen molar-refractivity contribution in [2.45, 2.75) is 19.4 Å². The molecule has 1 atom stereocenters. The van der Waals surface area contributed by atoms with E-state index in [0.717, 1.165) is 0 Å². The molecule has 23 heavy (non-hydrogen) atoms. The molecular formula is C17H14ClFN2O2. The smallest absolute Gasteiger partial charge is 0.240 e. The first-order chi connectivity index (χ1) is 11.0. The van der Waals surface area contributed by atoms with Crippen LogP contribution in [0.15, 0.2) is 47.6 Å².